The van der Waals surface area contributed by atoms with Crippen molar-refractivity contribution in [3.63, 3.8) is 0 Å². The third kappa shape index (κ3) is 29.5. The number of rotatable bonds is 7. The molecule has 6 aromatic carbocycles. The summed E-state index contributed by atoms with van der Waals surface area (Å²) < 4.78 is 38.1. The zero-order valence-corrected chi connectivity index (χ0v) is 76.1. The molecule has 8 heterocycles. The third-order valence-corrected chi connectivity index (χ3v) is 20.2. The van der Waals surface area contributed by atoms with E-state index in [0.29, 0.717) is 81.4 Å². The number of carbonyl (C=O) groups is 7. The molecule has 637 valence electrons. The van der Waals surface area contributed by atoms with Crippen LogP contribution >= 0.6 is 0 Å². The molecule has 0 aliphatic carbocycles. The average Bonchev–Trinajstić information content (AvgIpc) is 1.56. The first kappa shape index (κ1) is 102. The standard InChI is InChI=1S/C18H20BNO.C17H24N2O4.C16H23NO3.C16H21NO3.C15H19NO4.2C4H8O.CH3.B.BrH.Mg/c1-19-20-14-8-13-17(20)18(21-19,15-9-4-2-5-10-15)16-11-6-3-7-12-16;1-17(2,3)23-16(21)19-10-9-12-7-6-8-13(14(12)11-19)15(20)18(4)22-5;2*1-11(18)13-7-5-6-12-8-9-17(10-14(12)13)15(19)20-16(2,3)4;1-15(2,3)20-14(19)16-8-7-10-5-4-6-11(13(17)18)12(10)9-16;2*1-2-4-5-3-1;;;;/h2-7,9-12,17H,8,13-14H2,1H3;6-8H,9-11H2,1-5H3;5-7,11,18H,8-10H2,1-4H3;5-7H,8-10H2,1-4H3;4-6H,7-9H2,1-3H3,(H,17,18);2*1-4H2;1H3;;1H;/q;;;;;;;-1;;;+2/p-1/t17-;;11-;;;;;;;;/m1.0......../s1. The van der Waals surface area contributed by atoms with Crippen LogP contribution in [0.3, 0.4) is 0 Å². The molecule has 2 N–H and O–H groups in total. The second kappa shape index (κ2) is 46.8. The van der Waals surface area contributed by atoms with Crippen LogP contribution in [0, 0.1) is 7.43 Å². The summed E-state index contributed by atoms with van der Waals surface area (Å²) in [5.41, 5.74) is 10.6. The molecular weight excluding hydrogens is 1570 g/mol. The molecule has 8 aliphatic rings. The largest absolute Gasteiger partial charge is 2.00 e. The Bertz CT molecular complexity index is 4060. The van der Waals surface area contributed by atoms with Crippen molar-refractivity contribution in [1.82, 2.24) is 29.5 Å². The molecule has 0 bridgehead atoms. The summed E-state index contributed by atoms with van der Waals surface area (Å²) in [6.07, 6.45) is 8.60. The number of ketones is 1. The van der Waals surface area contributed by atoms with Gasteiger partial charge in [-0.15, -0.1) is 0 Å². The van der Waals surface area contributed by atoms with Crippen molar-refractivity contribution in [3.8, 4) is 0 Å². The summed E-state index contributed by atoms with van der Waals surface area (Å²) in [7, 11) is 3.19. The van der Waals surface area contributed by atoms with Gasteiger partial charge >= 0.3 is 60.4 Å². The second-order valence-electron chi connectivity index (χ2n) is 33.7. The molecule has 8 aliphatic heterocycles. The molecule has 3 radical (unpaired) electrons. The van der Waals surface area contributed by atoms with E-state index >= 15 is 0 Å². The number of halogens is 1. The summed E-state index contributed by atoms with van der Waals surface area (Å²) >= 11 is 0. The molecule has 2 atom stereocenters. The summed E-state index contributed by atoms with van der Waals surface area (Å²) in [6, 6.07) is 44.4. The van der Waals surface area contributed by atoms with Gasteiger partial charge in [0.15, 0.2) is 5.78 Å². The van der Waals surface area contributed by atoms with Gasteiger partial charge in [-0.25, -0.2) is 29.0 Å². The smallest absolute Gasteiger partial charge is 1.00 e. The van der Waals surface area contributed by atoms with Crippen LogP contribution in [0.15, 0.2) is 133 Å². The van der Waals surface area contributed by atoms with Gasteiger partial charge in [-0.2, -0.15) is 0 Å². The van der Waals surface area contributed by atoms with Crippen molar-refractivity contribution in [1.29, 1.82) is 0 Å². The Hall–Kier alpha value is -7.85. The van der Waals surface area contributed by atoms with Gasteiger partial charge < -0.3 is 92.1 Å². The predicted molar refractivity (Wildman–Crippen MR) is 458 cm³/mol. The number of Topliss-reactive ketones (excluding diaryl/α,β-unsaturated/α-hetero) is 1. The average molecular weight is 1700 g/mol. The number of aromatic carboxylic acids is 1. The molecule has 6 aromatic rings. The summed E-state index contributed by atoms with van der Waals surface area (Å²) in [6.45, 7) is 36.8. The van der Waals surface area contributed by atoms with Crippen LogP contribution in [0.4, 0.5) is 19.2 Å². The Labute approximate surface area is 730 Å². The number of carbonyl (C=O) groups excluding carboxylic acids is 6. The molecule has 118 heavy (non-hydrogen) atoms. The van der Waals surface area contributed by atoms with E-state index in [-0.39, 0.29) is 111 Å². The Kier molecular flexibility index (Phi) is 40.7. The molecule has 5 amide bonds. The minimum Gasteiger partial charge on any atom is -1.00 e. The van der Waals surface area contributed by atoms with E-state index < -0.39 is 40.6 Å². The molecule has 23 nitrogen and oxygen atoms in total. The van der Waals surface area contributed by atoms with Crippen LogP contribution < -0.4 is 17.0 Å². The van der Waals surface area contributed by atoms with Gasteiger partial charge in [-0.1, -0.05) is 121 Å². The number of carboxylic acids is 1. The molecule has 0 unspecified atom stereocenters. The van der Waals surface area contributed by atoms with Crippen LogP contribution in [-0.2, 0) is 95.4 Å². The van der Waals surface area contributed by atoms with Crippen LogP contribution in [0.1, 0.15) is 234 Å². The summed E-state index contributed by atoms with van der Waals surface area (Å²) in [5.74, 6) is -1.16. The number of benzene rings is 6. The van der Waals surface area contributed by atoms with Crippen molar-refractivity contribution in [2.24, 2.45) is 0 Å². The maximum Gasteiger partial charge on any atom is 2.00 e. The zero-order chi connectivity index (χ0) is 83.3. The Morgan fingerprint density at radius 3 is 1.15 bits per heavy atom. The minimum atomic E-state index is -0.965. The fourth-order valence-corrected chi connectivity index (χ4v) is 14.8. The first-order valence-electron chi connectivity index (χ1n) is 40.2. The Balaban J connectivity index is 0.000000298. The van der Waals surface area contributed by atoms with E-state index in [1.54, 1.807) is 58.7 Å². The van der Waals surface area contributed by atoms with E-state index in [1.165, 1.54) is 67.4 Å². The number of hydrogen-bond donors (Lipinski definition) is 2. The Morgan fingerprint density at radius 1 is 0.492 bits per heavy atom. The molecule has 14 rings (SSSR count). The first-order chi connectivity index (χ1) is 53.9. The van der Waals surface area contributed by atoms with Crippen molar-refractivity contribution in [2.75, 3.05) is 73.3 Å². The quantitative estimate of drug-likeness (QED) is 0.0495. The van der Waals surface area contributed by atoms with Crippen molar-refractivity contribution in [3.05, 3.63) is 219 Å². The maximum atomic E-state index is 12.4. The van der Waals surface area contributed by atoms with Gasteiger partial charge in [-0.05, 0) is 248 Å². The molecule has 4 fully saturated rings. The first-order valence-corrected chi connectivity index (χ1v) is 40.2. The maximum absolute atomic E-state index is 12.4. The van der Waals surface area contributed by atoms with Gasteiger partial charge in [0.2, 0.25) is 0 Å². The van der Waals surface area contributed by atoms with Crippen LogP contribution in [0.2, 0.25) is 6.82 Å². The molecule has 27 heteroatoms. The summed E-state index contributed by atoms with van der Waals surface area (Å²) in [5, 5.41) is 20.3. The molecule has 0 spiro atoms. The molecular formula is C91H126B2BrMgN6O17. The zero-order valence-electron chi connectivity index (χ0n) is 73.1. The van der Waals surface area contributed by atoms with Crippen molar-refractivity contribution in [2.45, 2.75) is 234 Å². The predicted octanol–water partition coefficient (Wildman–Crippen LogP) is 13.3. The fraction of sp³-hybridized carbons (Fsp3) is 0.516. The summed E-state index contributed by atoms with van der Waals surface area (Å²) in [4.78, 5) is 98.0. The Morgan fingerprint density at radius 2 is 0.822 bits per heavy atom. The van der Waals surface area contributed by atoms with Crippen LogP contribution in [-0.4, -0.2) is 222 Å². The SMILES string of the molecule is C1CCOC1.C1CCOC1.CB1OC(c2ccccc2)(c2ccccc2)[C@H]2CCCN12.CC(=O)c1cccc2c1CN(C(=O)OC(C)(C)C)CC2.CC(C)(C)OC(=O)N1CCc2cccc(C(=O)O)c2C1.CON(C)C(=O)c1cccc2c1CN(C(=O)OC(C)(C)C)CC2.C[C@H](O)c1cccc2c1CN(C(=O)OC(C)(C)C)CC2.[B].[Br-].[CH3-].[Mg+2]. The monoisotopic (exact) mass is 1700 g/mol. The van der Waals surface area contributed by atoms with Crippen molar-refractivity contribution >= 4 is 80.5 Å². The van der Waals surface area contributed by atoms with Crippen molar-refractivity contribution < 1.29 is 98.7 Å². The van der Waals surface area contributed by atoms with Gasteiger partial charge in [-0.3, -0.25) is 14.4 Å². The van der Waals surface area contributed by atoms with E-state index in [9.17, 15) is 43.8 Å². The fourth-order valence-electron chi connectivity index (χ4n) is 14.8. The number of hydroxylamine groups is 2. The number of amides is 5. The molecule has 0 saturated carbocycles. The minimum absolute atomic E-state index is 0. The number of ether oxygens (including phenoxy) is 6. The number of aliphatic hydroxyl groups excluding tert-OH is 1. The van der Waals surface area contributed by atoms with Gasteiger partial charge in [0, 0.05) is 98.3 Å². The third-order valence-electron chi connectivity index (χ3n) is 20.2. The van der Waals surface area contributed by atoms with Crippen LogP contribution in [0.5, 0.6) is 0 Å². The van der Waals surface area contributed by atoms with E-state index in [2.05, 4.69) is 78.4 Å². The normalized spacial score (nSPS) is 16.9. The van der Waals surface area contributed by atoms with Gasteiger partial charge in [0.1, 0.15) is 28.0 Å². The molecule has 4 saturated heterocycles. The molecule has 0 aromatic heterocycles. The topological polar surface area (TPSA) is 253 Å². The van der Waals surface area contributed by atoms with Gasteiger partial charge in [0.05, 0.1) is 31.9 Å². The second-order valence-corrected chi connectivity index (χ2v) is 33.7. The van der Waals surface area contributed by atoms with Gasteiger partial charge in [0.25, 0.3) is 5.91 Å². The number of nitrogens with zero attached hydrogens (tertiary/aromatic N) is 6. The van der Waals surface area contributed by atoms with Crippen LogP contribution in [0.25, 0.3) is 0 Å². The number of aliphatic hydroxyl groups is 1. The number of carboxylic acid groups (broad SMARTS) is 1. The number of hydrogen-bond acceptors (Lipinski definition) is 17. The number of fused-ring (bicyclic) bond motifs is 5. The van der Waals surface area contributed by atoms with E-state index in [0.717, 1.165) is 84.8 Å². The van der Waals surface area contributed by atoms with E-state index in [1.807, 2.05) is 132 Å². The van der Waals surface area contributed by atoms with E-state index in [4.69, 9.17) is 37.9 Å².